The third-order valence-corrected chi connectivity index (χ3v) is 11.2. The van der Waals surface area contributed by atoms with E-state index in [2.05, 4.69) is 69.3 Å². The average molecular weight is 461 g/mol. The number of para-hydroxylation sites is 1. The van der Waals surface area contributed by atoms with Gasteiger partial charge in [0.05, 0.1) is 0 Å². The molecular formula is C28H32O4Si. The number of esters is 1. The van der Waals surface area contributed by atoms with Gasteiger partial charge in [-0.3, -0.25) is 0 Å². The molecule has 0 spiro atoms. The van der Waals surface area contributed by atoms with E-state index >= 15 is 0 Å². The van der Waals surface area contributed by atoms with Crippen LogP contribution in [0.4, 0.5) is 0 Å². The van der Waals surface area contributed by atoms with Crippen LogP contribution in [0.2, 0.25) is 5.04 Å². The monoisotopic (exact) mass is 460 g/mol. The van der Waals surface area contributed by atoms with Crippen molar-refractivity contribution in [1.29, 1.82) is 0 Å². The maximum absolute atomic E-state index is 12.4. The lowest BCUT2D eigenvalue weighted by Gasteiger charge is -2.43. The molecule has 0 saturated heterocycles. The van der Waals surface area contributed by atoms with Crippen molar-refractivity contribution in [3.8, 4) is 5.75 Å². The molecule has 1 aliphatic heterocycles. The fourth-order valence-electron chi connectivity index (χ4n) is 4.66. The highest BCUT2D eigenvalue weighted by Gasteiger charge is 2.50. The molecule has 3 aromatic rings. The fraction of sp³-hybridized carbons (Fsp3) is 0.321. The zero-order chi connectivity index (χ0) is 23.5. The highest BCUT2D eigenvalue weighted by Crippen LogP contribution is 2.37. The van der Waals surface area contributed by atoms with E-state index in [0.717, 1.165) is 5.56 Å². The minimum atomic E-state index is -2.61. The first-order valence-corrected chi connectivity index (χ1v) is 13.4. The lowest BCUT2D eigenvalue weighted by molar-refractivity contribution is 0.0409. The van der Waals surface area contributed by atoms with Crippen molar-refractivity contribution < 1.29 is 18.7 Å². The van der Waals surface area contributed by atoms with Gasteiger partial charge in [0, 0.05) is 6.61 Å². The first-order valence-electron chi connectivity index (χ1n) is 11.5. The number of carbonyl (C=O) groups excluding carboxylic acids is 1. The summed E-state index contributed by atoms with van der Waals surface area (Å²) in [5.41, 5.74) is 1.46. The molecule has 0 N–H and O–H groups in total. The van der Waals surface area contributed by atoms with Crippen molar-refractivity contribution in [2.75, 3.05) is 13.2 Å². The highest BCUT2D eigenvalue weighted by atomic mass is 28.4. The summed E-state index contributed by atoms with van der Waals surface area (Å²) in [5.74, 6) is 0.294. The molecule has 0 saturated carbocycles. The minimum absolute atomic E-state index is 0.0852. The molecule has 3 aromatic carbocycles. The van der Waals surface area contributed by atoms with Crippen LogP contribution < -0.4 is 15.1 Å². The van der Waals surface area contributed by atoms with Crippen molar-refractivity contribution in [2.24, 2.45) is 0 Å². The van der Waals surface area contributed by atoms with E-state index in [1.807, 2.05) is 31.2 Å². The van der Waals surface area contributed by atoms with Crippen molar-refractivity contribution >= 4 is 24.7 Å². The van der Waals surface area contributed by atoms with Gasteiger partial charge in [0.25, 0.3) is 8.32 Å². The molecule has 0 aromatic heterocycles. The first kappa shape index (κ1) is 23.3. The predicted molar refractivity (Wildman–Crippen MR) is 134 cm³/mol. The second-order valence-corrected chi connectivity index (χ2v) is 13.9. The number of hydrogen-bond acceptors (Lipinski definition) is 4. The Labute approximate surface area is 197 Å². The molecule has 0 fully saturated rings. The van der Waals surface area contributed by atoms with Gasteiger partial charge < -0.3 is 13.9 Å². The fourth-order valence-corrected chi connectivity index (χ4v) is 9.23. The molecule has 1 atom stereocenters. The Morgan fingerprint density at radius 3 is 2.09 bits per heavy atom. The van der Waals surface area contributed by atoms with Crippen LogP contribution in [0.1, 0.15) is 43.6 Å². The van der Waals surface area contributed by atoms with Crippen LogP contribution >= 0.6 is 0 Å². The molecule has 5 heteroatoms. The average Bonchev–Trinajstić information content (AvgIpc) is 2.96. The van der Waals surface area contributed by atoms with Crippen LogP contribution in [0.15, 0.2) is 78.9 Å². The van der Waals surface area contributed by atoms with E-state index in [-0.39, 0.29) is 23.7 Å². The van der Waals surface area contributed by atoms with Gasteiger partial charge in [-0.2, -0.15) is 0 Å². The number of rotatable bonds is 6. The van der Waals surface area contributed by atoms with Crippen LogP contribution in [-0.4, -0.2) is 33.6 Å². The third-order valence-electron chi connectivity index (χ3n) is 6.19. The van der Waals surface area contributed by atoms with Crippen LogP contribution in [0.25, 0.3) is 0 Å². The van der Waals surface area contributed by atoms with E-state index in [1.165, 1.54) is 10.4 Å². The molecule has 1 aliphatic rings. The van der Waals surface area contributed by atoms with Crippen LogP contribution in [0.3, 0.4) is 0 Å². The summed E-state index contributed by atoms with van der Waals surface area (Å²) in [6.07, 6.45) is 0.460. The Bertz CT molecular complexity index is 1050. The summed E-state index contributed by atoms with van der Waals surface area (Å²) in [5, 5.41) is 2.42. The van der Waals surface area contributed by atoms with Gasteiger partial charge >= 0.3 is 5.97 Å². The lowest BCUT2D eigenvalue weighted by Crippen LogP contribution is -2.66. The zero-order valence-electron chi connectivity index (χ0n) is 19.8. The van der Waals surface area contributed by atoms with Gasteiger partial charge in [-0.1, -0.05) is 93.6 Å². The SMILES string of the molecule is CC1COC(=O)c2cccc(CCO[Si](c3ccccc3)(c3ccccc3)C(C)(C)C)c2O1. The molecular weight excluding hydrogens is 428 g/mol. The lowest BCUT2D eigenvalue weighted by atomic mass is 10.1. The van der Waals surface area contributed by atoms with Crippen LogP contribution in [0.5, 0.6) is 5.75 Å². The summed E-state index contributed by atoms with van der Waals surface area (Å²) in [6, 6.07) is 26.9. The molecule has 0 amide bonds. The normalized spacial score (nSPS) is 16.4. The van der Waals surface area contributed by atoms with Crippen molar-refractivity contribution in [1.82, 2.24) is 0 Å². The van der Waals surface area contributed by atoms with E-state index in [9.17, 15) is 4.79 Å². The highest BCUT2D eigenvalue weighted by molar-refractivity contribution is 6.99. The van der Waals surface area contributed by atoms with Gasteiger partial charge in [0.1, 0.15) is 24.0 Å². The van der Waals surface area contributed by atoms with Gasteiger partial charge in [0.2, 0.25) is 0 Å². The molecule has 33 heavy (non-hydrogen) atoms. The largest absolute Gasteiger partial charge is 0.486 e. The Morgan fingerprint density at radius 2 is 1.52 bits per heavy atom. The minimum Gasteiger partial charge on any atom is -0.486 e. The smallest absolute Gasteiger partial charge is 0.342 e. The molecule has 4 rings (SSSR count). The van der Waals surface area contributed by atoms with E-state index in [0.29, 0.717) is 24.3 Å². The van der Waals surface area contributed by atoms with Gasteiger partial charge in [0.15, 0.2) is 0 Å². The van der Waals surface area contributed by atoms with E-state index in [4.69, 9.17) is 13.9 Å². The maximum atomic E-state index is 12.4. The second-order valence-electron chi connectivity index (χ2n) is 9.58. The number of carbonyl (C=O) groups is 1. The van der Waals surface area contributed by atoms with Gasteiger partial charge in [-0.05, 0) is 40.4 Å². The summed E-state index contributed by atoms with van der Waals surface area (Å²) in [7, 11) is -2.61. The second kappa shape index (κ2) is 9.54. The topological polar surface area (TPSA) is 44.8 Å². The molecule has 172 valence electrons. The summed E-state index contributed by atoms with van der Waals surface area (Å²) in [4.78, 5) is 12.4. The molecule has 4 nitrogen and oxygen atoms in total. The number of fused-ring (bicyclic) bond motifs is 1. The third kappa shape index (κ3) is 4.61. The summed E-state index contributed by atoms with van der Waals surface area (Å²) >= 11 is 0. The Morgan fingerprint density at radius 1 is 0.909 bits per heavy atom. The van der Waals surface area contributed by atoms with Crippen LogP contribution in [0, 0.1) is 0 Å². The van der Waals surface area contributed by atoms with Gasteiger partial charge in [-0.15, -0.1) is 0 Å². The van der Waals surface area contributed by atoms with E-state index in [1.54, 1.807) is 6.07 Å². The molecule has 1 unspecified atom stereocenters. The number of ether oxygens (including phenoxy) is 2. The molecule has 0 bridgehead atoms. The zero-order valence-corrected chi connectivity index (χ0v) is 20.8. The number of benzene rings is 3. The molecule has 0 aliphatic carbocycles. The summed E-state index contributed by atoms with van der Waals surface area (Å²) < 4.78 is 18.4. The first-order chi connectivity index (χ1) is 15.8. The van der Waals surface area contributed by atoms with Crippen LogP contribution in [-0.2, 0) is 15.6 Å². The quantitative estimate of drug-likeness (QED) is 0.394. The van der Waals surface area contributed by atoms with Crippen molar-refractivity contribution in [2.45, 2.75) is 45.3 Å². The maximum Gasteiger partial charge on any atom is 0.342 e. The Balaban J connectivity index is 1.69. The van der Waals surface area contributed by atoms with E-state index < -0.39 is 8.32 Å². The predicted octanol–water partition coefficient (Wildman–Crippen LogP) is 4.74. The molecule has 0 radical (unpaired) electrons. The Hall–Kier alpha value is -2.89. The van der Waals surface area contributed by atoms with Crippen molar-refractivity contribution in [3.63, 3.8) is 0 Å². The standard InChI is InChI=1S/C28H32O4Si/c1-21-20-30-27(29)25-17-11-12-22(26(25)32-21)18-19-31-33(28(2,3)4,23-13-7-5-8-14-23)24-15-9-6-10-16-24/h5-17,21H,18-20H2,1-4H3. The summed E-state index contributed by atoms with van der Waals surface area (Å²) in [6.45, 7) is 9.51. The Kier molecular flexibility index (Phi) is 6.72. The van der Waals surface area contributed by atoms with Crippen molar-refractivity contribution in [3.05, 3.63) is 90.0 Å². The van der Waals surface area contributed by atoms with Gasteiger partial charge in [-0.25, -0.2) is 4.79 Å². The number of hydrogen-bond donors (Lipinski definition) is 0. The number of cyclic esters (lactones) is 1. The molecule has 1 heterocycles.